The highest BCUT2D eigenvalue weighted by Gasteiger charge is 1.87. The Morgan fingerprint density at radius 2 is 2.50 bits per heavy atom. The molecule has 0 fully saturated rings. The standard InChI is InChI=1S/C2H5NO4S/c4-1-3-2-7-8(5)6/h1H,2H2,(H,3,4)(H,5,6). The van der Waals surface area contributed by atoms with Gasteiger partial charge in [0.25, 0.3) is 0 Å². The van der Waals surface area contributed by atoms with Crippen LogP contribution in [0, 0.1) is 0 Å². The van der Waals surface area contributed by atoms with Gasteiger partial charge in [-0.05, 0) is 0 Å². The first-order chi connectivity index (χ1) is 3.77. The Morgan fingerprint density at radius 1 is 1.88 bits per heavy atom. The zero-order chi connectivity index (χ0) is 6.41. The molecule has 0 aromatic carbocycles. The van der Waals surface area contributed by atoms with E-state index in [-0.39, 0.29) is 6.73 Å². The summed E-state index contributed by atoms with van der Waals surface area (Å²) in [5.41, 5.74) is 0. The maximum absolute atomic E-state index is 9.61. The predicted molar refractivity (Wildman–Crippen MR) is 25.9 cm³/mol. The van der Waals surface area contributed by atoms with Crippen LogP contribution in [0.25, 0.3) is 0 Å². The molecule has 0 rings (SSSR count). The summed E-state index contributed by atoms with van der Waals surface area (Å²) in [4.78, 5) is 9.41. The van der Waals surface area contributed by atoms with E-state index in [1.165, 1.54) is 0 Å². The van der Waals surface area contributed by atoms with Crippen LogP contribution in [0.3, 0.4) is 0 Å². The van der Waals surface area contributed by atoms with Crippen molar-refractivity contribution in [3.8, 4) is 0 Å². The normalized spacial score (nSPS) is 12.6. The molecular weight excluding hydrogens is 134 g/mol. The molecule has 2 N–H and O–H groups in total. The molecule has 0 saturated carbocycles. The van der Waals surface area contributed by atoms with Gasteiger partial charge in [0.05, 0.1) is 0 Å². The van der Waals surface area contributed by atoms with Crippen LogP contribution in [-0.2, 0) is 20.3 Å². The van der Waals surface area contributed by atoms with Crippen molar-refractivity contribution in [2.24, 2.45) is 0 Å². The molecule has 0 aromatic heterocycles. The SMILES string of the molecule is O=CNCOS(=O)O. The fourth-order valence-electron chi connectivity index (χ4n) is 0.118. The topological polar surface area (TPSA) is 75.6 Å². The smallest absolute Gasteiger partial charge is 0.303 e. The summed E-state index contributed by atoms with van der Waals surface area (Å²) in [6, 6.07) is 0. The van der Waals surface area contributed by atoms with Crippen LogP contribution >= 0.6 is 0 Å². The Labute approximate surface area is 48.5 Å². The van der Waals surface area contributed by atoms with E-state index in [2.05, 4.69) is 4.18 Å². The number of hydrogen-bond acceptors (Lipinski definition) is 3. The van der Waals surface area contributed by atoms with Gasteiger partial charge in [-0.1, -0.05) is 0 Å². The Morgan fingerprint density at radius 3 is 2.88 bits per heavy atom. The van der Waals surface area contributed by atoms with Gasteiger partial charge in [0, 0.05) is 0 Å². The van der Waals surface area contributed by atoms with Gasteiger partial charge < -0.3 is 5.32 Å². The minimum atomic E-state index is -2.29. The molecule has 1 unspecified atom stereocenters. The molecule has 8 heavy (non-hydrogen) atoms. The van der Waals surface area contributed by atoms with Crippen LogP contribution in [0.4, 0.5) is 0 Å². The lowest BCUT2D eigenvalue weighted by atomic mass is 11.2. The first kappa shape index (κ1) is 7.54. The van der Waals surface area contributed by atoms with Gasteiger partial charge in [-0.3, -0.25) is 9.35 Å². The highest BCUT2D eigenvalue weighted by atomic mass is 32.2. The molecule has 0 heterocycles. The zero-order valence-electron chi connectivity index (χ0n) is 3.86. The average molecular weight is 139 g/mol. The van der Waals surface area contributed by atoms with Gasteiger partial charge in [-0.25, -0.2) is 4.18 Å². The minimum absolute atomic E-state index is 0.243. The first-order valence-corrected chi connectivity index (χ1v) is 2.71. The monoisotopic (exact) mass is 139 g/mol. The molecule has 1 atom stereocenters. The van der Waals surface area contributed by atoms with Gasteiger partial charge in [0.1, 0.15) is 6.73 Å². The van der Waals surface area contributed by atoms with Crippen molar-refractivity contribution >= 4 is 17.8 Å². The molecule has 0 aliphatic carbocycles. The Hall–Kier alpha value is -0.460. The quantitative estimate of drug-likeness (QED) is 0.223. The van der Waals surface area contributed by atoms with Gasteiger partial charge >= 0.3 is 11.4 Å². The van der Waals surface area contributed by atoms with Crippen molar-refractivity contribution in [1.82, 2.24) is 5.32 Å². The highest BCUT2D eigenvalue weighted by Crippen LogP contribution is 1.71. The van der Waals surface area contributed by atoms with Crippen LogP contribution in [0.5, 0.6) is 0 Å². The van der Waals surface area contributed by atoms with Gasteiger partial charge in [0.15, 0.2) is 0 Å². The summed E-state index contributed by atoms with van der Waals surface area (Å²) >= 11 is -2.29. The Kier molecular flexibility index (Phi) is 4.42. The predicted octanol–water partition coefficient (Wildman–Crippen LogP) is -1.16. The summed E-state index contributed by atoms with van der Waals surface area (Å²) in [6.07, 6.45) is 0.368. The summed E-state index contributed by atoms with van der Waals surface area (Å²) in [5, 5.41) is 2.02. The molecule has 48 valence electrons. The molecule has 1 amide bonds. The summed E-state index contributed by atoms with van der Waals surface area (Å²) < 4.78 is 21.4. The Bertz CT molecular complexity index is 94.0. The molecule has 0 aliphatic rings. The van der Waals surface area contributed by atoms with E-state index in [4.69, 9.17) is 4.55 Å². The Balaban J connectivity index is 2.93. The minimum Gasteiger partial charge on any atom is -0.335 e. The maximum atomic E-state index is 9.61. The highest BCUT2D eigenvalue weighted by molar-refractivity contribution is 7.74. The molecule has 0 aliphatic heterocycles. The van der Waals surface area contributed by atoms with E-state index in [0.29, 0.717) is 6.41 Å². The van der Waals surface area contributed by atoms with Crippen molar-refractivity contribution in [1.29, 1.82) is 0 Å². The lowest BCUT2D eigenvalue weighted by Crippen LogP contribution is -2.15. The second-order valence-corrected chi connectivity index (χ2v) is 1.47. The number of carbonyl (C=O) groups is 1. The van der Waals surface area contributed by atoms with Gasteiger partial charge in [-0.2, -0.15) is 4.21 Å². The fourth-order valence-corrected chi connectivity index (χ4v) is 0.287. The molecule has 0 saturated heterocycles. The number of nitrogens with one attached hydrogen (secondary N) is 1. The number of hydrogen-bond donors (Lipinski definition) is 2. The van der Waals surface area contributed by atoms with Crippen molar-refractivity contribution in [2.75, 3.05) is 6.73 Å². The third-order valence-electron chi connectivity index (χ3n) is 0.326. The first-order valence-electron chi connectivity index (χ1n) is 1.68. The zero-order valence-corrected chi connectivity index (χ0v) is 4.68. The van der Waals surface area contributed by atoms with Crippen LogP contribution in [0.15, 0.2) is 0 Å². The van der Waals surface area contributed by atoms with Crippen LogP contribution < -0.4 is 5.32 Å². The maximum Gasteiger partial charge on any atom is 0.303 e. The van der Waals surface area contributed by atoms with Crippen molar-refractivity contribution < 1.29 is 17.7 Å². The van der Waals surface area contributed by atoms with E-state index >= 15 is 0 Å². The van der Waals surface area contributed by atoms with Crippen molar-refractivity contribution in [2.45, 2.75) is 0 Å². The molecular formula is C2H5NO4S. The molecule has 0 aromatic rings. The third-order valence-corrected chi connectivity index (χ3v) is 0.646. The van der Waals surface area contributed by atoms with E-state index in [1.807, 2.05) is 5.32 Å². The number of amides is 1. The molecule has 0 spiro atoms. The summed E-state index contributed by atoms with van der Waals surface area (Å²) in [7, 11) is 0. The van der Waals surface area contributed by atoms with E-state index < -0.39 is 11.4 Å². The third kappa shape index (κ3) is 5.54. The molecule has 0 bridgehead atoms. The van der Waals surface area contributed by atoms with E-state index in [9.17, 15) is 9.00 Å². The van der Waals surface area contributed by atoms with Crippen molar-refractivity contribution in [3.05, 3.63) is 0 Å². The van der Waals surface area contributed by atoms with Crippen molar-refractivity contribution in [3.63, 3.8) is 0 Å². The summed E-state index contributed by atoms with van der Waals surface area (Å²) in [6.45, 7) is -0.243. The van der Waals surface area contributed by atoms with Gasteiger partial charge in [0.2, 0.25) is 6.41 Å². The number of carbonyl (C=O) groups excluding carboxylic acids is 1. The van der Waals surface area contributed by atoms with E-state index in [1.54, 1.807) is 0 Å². The van der Waals surface area contributed by atoms with E-state index in [0.717, 1.165) is 0 Å². The summed E-state index contributed by atoms with van der Waals surface area (Å²) in [5.74, 6) is 0. The number of rotatable bonds is 4. The molecule has 6 heteroatoms. The van der Waals surface area contributed by atoms with Gasteiger partial charge in [-0.15, -0.1) is 0 Å². The average Bonchev–Trinajstić information content (AvgIpc) is 1.66. The largest absolute Gasteiger partial charge is 0.335 e. The van der Waals surface area contributed by atoms with Crippen LogP contribution in [0.1, 0.15) is 0 Å². The molecule has 0 radical (unpaired) electrons. The lowest BCUT2D eigenvalue weighted by molar-refractivity contribution is -0.110. The van der Waals surface area contributed by atoms with Crippen LogP contribution in [0.2, 0.25) is 0 Å². The molecule has 5 nitrogen and oxygen atoms in total. The second kappa shape index (κ2) is 4.69. The van der Waals surface area contributed by atoms with Crippen LogP contribution in [-0.4, -0.2) is 21.9 Å². The lowest BCUT2D eigenvalue weighted by Gasteiger charge is -1.92. The fraction of sp³-hybridized carbons (Fsp3) is 0.500. The second-order valence-electron chi connectivity index (χ2n) is 0.801.